The predicted molar refractivity (Wildman–Crippen MR) is 78.2 cm³/mol. The Balaban J connectivity index is 2.18. The molecule has 112 valence electrons. The Bertz CT molecular complexity index is 240. The zero-order chi connectivity index (χ0) is 13.9. The molecule has 0 aromatic carbocycles. The van der Waals surface area contributed by atoms with Crippen molar-refractivity contribution in [3.8, 4) is 0 Å². The van der Waals surface area contributed by atoms with Gasteiger partial charge in [0.05, 0.1) is 6.54 Å². The molecule has 1 fully saturated rings. The highest BCUT2D eigenvalue weighted by Gasteiger charge is 2.16. The summed E-state index contributed by atoms with van der Waals surface area (Å²) in [5.74, 6) is 0.129. The van der Waals surface area contributed by atoms with E-state index < -0.39 is 0 Å². The minimum absolute atomic E-state index is 0.129. The van der Waals surface area contributed by atoms with Gasteiger partial charge in [-0.05, 0) is 25.7 Å². The van der Waals surface area contributed by atoms with Gasteiger partial charge < -0.3 is 15.4 Å². The minimum atomic E-state index is 0.129. The van der Waals surface area contributed by atoms with Crippen LogP contribution in [0.3, 0.4) is 0 Å². The molecule has 1 aliphatic heterocycles. The maximum absolute atomic E-state index is 11.9. The fourth-order valence-electron chi connectivity index (χ4n) is 2.51. The number of hydrogen-bond donors (Lipinski definition) is 2. The summed E-state index contributed by atoms with van der Waals surface area (Å²) in [6.45, 7) is 6.40. The molecule has 4 heteroatoms. The Morgan fingerprint density at radius 1 is 1.21 bits per heavy atom. The lowest BCUT2D eigenvalue weighted by Crippen LogP contribution is -2.45. The summed E-state index contributed by atoms with van der Waals surface area (Å²) in [4.78, 5) is 11.9. The summed E-state index contributed by atoms with van der Waals surface area (Å²) >= 11 is 0. The molecule has 0 radical (unpaired) electrons. The maximum atomic E-state index is 11.9. The lowest BCUT2D eigenvalue weighted by atomic mass is 10.1. The summed E-state index contributed by atoms with van der Waals surface area (Å²) in [6, 6.07) is 0.800. The van der Waals surface area contributed by atoms with Gasteiger partial charge in [0.1, 0.15) is 0 Å². The van der Waals surface area contributed by atoms with E-state index in [0.29, 0.717) is 18.6 Å². The van der Waals surface area contributed by atoms with Crippen molar-refractivity contribution < 1.29 is 9.53 Å². The van der Waals surface area contributed by atoms with Gasteiger partial charge in [0, 0.05) is 25.3 Å². The van der Waals surface area contributed by atoms with Crippen molar-refractivity contribution in [2.45, 2.75) is 70.9 Å². The van der Waals surface area contributed by atoms with Crippen LogP contribution in [0, 0.1) is 0 Å². The van der Waals surface area contributed by atoms with Crippen molar-refractivity contribution in [2.24, 2.45) is 0 Å². The highest BCUT2D eigenvalue weighted by atomic mass is 16.5. The van der Waals surface area contributed by atoms with E-state index in [9.17, 15) is 4.79 Å². The number of unbranched alkanes of at least 4 members (excludes halogenated alkanes) is 1. The van der Waals surface area contributed by atoms with Gasteiger partial charge in [-0.25, -0.2) is 0 Å². The lowest BCUT2D eigenvalue weighted by Gasteiger charge is -2.24. The number of carbonyl (C=O) groups is 1. The molecule has 1 saturated heterocycles. The third-order valence-electron chi connectivity index (χ3n) is 3.68. The number of carbonyl (C=O) groups excluding carboxylic acids is 1. The third kappa shape index (κ3) is 7.53. The van der Waals surface area contributed by atoms with E-state index in [-0.39, 0.29) is 5.91 Å². The Kier molecular flexibility index (Phi) is 8.84. The van der Waals surface area contributed by atoms with Crippen molar-refractivity contribution in [2.75, 3.05) is 19.8 Å². The Morgan fingerprint density at radius 3 is 2.58 bits per heavy atom. The molecule has 19 heavy (non-hydrogen) atoms. The van der Waals surface area contributed by atoms with Crippen molar-refractivity contribution in [1.29, 1.82) is 0 Å². The number of nitrogens with one attached hydrogen (secondary N) is 2. The Labute approximate surface area is 117 Å². The molecule has 1 heterocycles. The van der Waals surface area contributed by atoms with Crippen molar-refractivity contribution in [3.05, 3.63) is 0 Å². The zero-order valence-corrected chi connectivity index (χ0v) is 12.5. The summed E-state index contributed by atoms with van der Waals surface area (Å²) in [5.41, 5.74) is 0. The monoisotopic (exact) mass is 270 g/mol. The second kappa shape index (κ2) is 10.2. The quantitative estimate of drug-likeness (QED) is 0.675. The van der Waals surface area contributed by atoms with Crippen LogP contribution in [-0.2, 0) is 9.53 Å². The Morgan fingerprint density at radius 2 is 1.95 bits per heavy atom. The van der Waals surface area contributed by atoms with E-state index in [1.165, 1.54) is 25.7 Å². The first-order chi connectivity index (χ1) is 9.26. The number of rotatable bonds is 9. The molecule has 1 unspecified atom stereocenters. The summed E-state index contributed by atoms with van der Waals surface area (Å²) in [5, 5.41) is 6.49. The van der Waals surface area contributed by atoms with Crippen LogP contribution in [-0.4, -0.2) is 37.7 Å². The van der Waals surface area contributed by atoms with E-state index in [0.717, 1.165) is 32.5 Å². The van der Waals surface area contributed by atoms with Crippen LogP contribution in [0.2, 0.25) is 0 Å². The largest absolute Gasteiger partial charge is 0.381 e. The molecule has 1 aliphatic rings. The fourth-order valence-corrected chi connectivity index (χ4v) is 2.51. The third-order valence-corrected chi connectivity index (χ3v) is 3.68. The smallest absolute Gasteiger partial charge is 0.234 e. The summed E-state index contributed by atoms with van der Waals surface area (Å²) in [6.07, 6.45) is 7.84. The number of hydrogen-bond acceptors (Lipinski definition) is 3. The molecule has 0 aromatic rings. The maximum Gasteiger partial charge on any atom is 0.234 e. The molecular formula is C15H30N2O2. The lowest BCUT2D eigenvalue weighted by molar-refractivity contribution is -0.121. The summed E-state index contributed by atoms with van der Waals surface area (Å²) < 4.78 is 5.29. The van der Waals surface area contributed by atoms with Gasteiger partial charge in [-0.2, -0.15) is 0 Å². The van der Waals surface area contributed by atoms with E-state index in [4.69, 9.17) is 4.74 Å². The highest BCUT2D eigenvalue weighted by molar-refractivity contribution is 5.78. The van der Waals surface area contributed by atoms with Crippen LogP contribution in [0.1, 0.15) is 58.8 Å². The van der Waals surface area contributed by atoms with Crippen molar-refractivity contribution >= 4 is 5.91 Å². The molecule has 2 N–H and O–H groups in total. The minimum Gasteiger partial charge on any atom is -0.381 e. The van der Waals surface area contributed by atoms with Crippen LogP contribution in [0.15, 0.2) is 0 Å². The molecule has 1 atom stereocenters. The Hall–Kier alpha value is -0.610. The van der Waals surface area contributed by atoms with Gasteiger partial charge in [-0.15, -0.1) is 0 Å². The first-order valence-corrected chi connectivity index (χ1v) is 7.86. The molecule has 0 aliphatic carbocycles. The summed E-state index contributed by atoms with van der Waals surface area (Å²) in [7, 11) is 0. The van der Waals surface area contributed by atoms with Gasteiger partial charge in [-0.1, -0.05) is 33.1 Å². The van der Waals surface area contributed by atoms with Gasteiger partial charge in [0.15, 0.2) is 0 Å². The number of ether oxygens (including phenoxy) is 1. The van der Waals surface area contributed by atoms with Crippen LogP contribution in [0.25, 0.3) is 0 Å². The molecule has 1 amide bonds. The van der Waals surface area contributed by atoms with Crippen molar-refractivity contribution in [1.82, 2.24) is 10.6 Å². The topological polar surface area (TPSA) is 50.4 Å². The first-order valence-electron chi connectivity index (χ1n) is 7.86. The second-order valence-electron chi connectivity index (χ2n) is 5.46. The van der Waals surface area contributed by atoms with Crippen LogP contribution in [0.4, 0.5) is 0 Å². The average Bonchev–Trinajstić information content (AvgIpc) is 2.43. The van der Waals surface area contributed by atoms with Crippen molar-refractivity contribution in [3.63, 3.8) is 0 Å². The van der Waals surface area contributed by atoms with E-state index in [1.807, 2.05) is 0 Å². The molecule has 1 rings (SSSR count). The second-order valence-corrected chi connectivity index (χ2v) is 5.46. The van der Waals surface area contributed by atoms with E-state index >= 15 is 0 Å². The standard InChI is InChI=1S/C15H30N2O2/c1-3-5-7-13(6-4-2)16-12-15(18)17-14-8-10-19-11-9-14/h13-14,16H,3-12H2,1-2H3,(H,17,18). The predicted octanol–water partition coefficient (Wildman–Crippen LogP) is 2.23. The average molecular weight is 270 g/mol. The van der Waals surface area contributed by atoms with Gasteiger partial charge in [-0.3, -0.25) is 4.79 Å². The SMILES string of the molecule is CCCCC(CCC)NCC(=O)NC1CCOCC1. The molecule has 0 bridgehead atoms. The fraction of sp³-hybridized carbons (Fsp3) is 0.933. The first kappa shape index (κ1) is 16.4. The van der Waals surface area contributed by atoms with Gasteiger partial charge in [0.2, 0.25) is 5.91 Å². The van der Waals surface area contributed by atoms with E-state index in [1.54, 1.807) is 0 Å². The van der Waals surface area contributed by atoms with E-state index in [2.05, 4.69) is 24.5 Å². The molecule has 0 saturated carbocycles. The van der Waals surface area contributed by atoms with Gasteiger partial charge in [0.25, 0.3) is 0 Å². The molecule has 4 nitrogen and oxygen atoms in total. The molecule has 0 aromatic heterocycles. The number of amides is 1. The normalized spacial score (nSPS) is 18.2. The van der Waals surface area contributed by atoms with Crippen LogP contribution in [0.5, 0.6) is 0 Å². The molecule has 0 spiro atoms. The zero-order valence-electron chi connectivity index (χ0n) is 12.5. The van der Waals surface area contributed by atoms with Crippen LogP contribution < -0.4 is 10.6 Å². The molecular weight excluding hydrogens is 240 g/mol. The highest BCUT2D eigenvalue weighted by Crippen LogP contribution is 2.07. The van der Waals surface area contributed by atoms with Gasteiger partial charge >= 0.3 is 0 Å². The van der Waals surface area contributed by atoms with Crippen LogP contribution >= 0.6 is 0 Å².